The zero-order valence-electron chi connectivity index (χ0n) is 9.47. The lowest BCUT2D eigenvalue weighted by molar-refractivity contribution is -0.128. The Morgan fingerprint density at radius 1 is 1.60 bits per heavy atom. The molecule has 1 amide bonds. The molecule has 0 aliphatic heterocycles. The normalized spacial score (nSPS) is 12.5. The summed E-state index contributed by atoms with van der Waals surface area (Å²) in [6.07, 6.45) is 3.79. The lowest BCUT2D eigenvalue weighted by Crippen LogP contribution is -2.22. The molecule has 84 valence electrons. The number of nitrogens with zero attached hydrogens (tertiary/aromatic N) is 2. The zero-order chi connectivity index (χ0) is 11.4. The Morgan fingerprint density at radius 2 is 2.27 bits per heavy atom. The van der Waals surface area contributed by atoms with Crippen LogP contribution in [0.25, 0.3) is 0 Å². The highest BCUT2D eigenvalue weighted by molar-refractivity contribution is 5.75. The van der Waals surface area contributed by atoms with E-state index >= 15 is 0 Å². The van der Waals surface area contributed by atoms with Gasteiger partial charge in [-0.2, -0.15) is 0 Å². The highest BCUT2D eigenvalue weighted by atomic mass is 16.3. The number of aromatic nitrogens is 1. The zero-order valence-corrected chi connectivity index (χ0v) is 9.47. The monoisotopic (exact) mass is 210 g/mol. The number of aliphatic hydroxyl groups is 1. The van der Waals surface area contributed by atoms with Crippen LogP contribution in [-0.4, -0.2) is 34.6 Å². The van der Waals surface area contributed by atoms with Crippen LogP contribution >= 0.6 is 0 Å². The SMILES string of the molecule is CC(O)c1ccn(CCC(=O)N(C)C)c1. The van der Waals surface area contributed by atoms with E-state index in [4.69, 9.17) is 0 Å². The second-order valence-corrected chi connectivity index (χ2v) is 3.90. The number of rotatable bonds is 4. The van der Waals surface area contributed by atoms with Crippen molar-refractivity contribution in [1.82, 2.24) is 9.47 Å². The molecule has 1 heterocycles. The molecular weight excluding hydrogens is 192 g/mol. The molecule has 1 unspecified atom stereocenters. The molecule has 0 saturated carbocycles. The third-order valence-electron chi connectivity index (χ3n) is 2.34. The Morgan fingerprint density at radius 3 is 2.73 bits per heavy atom. The van der Waals surface area contributed by atoms with Gasteiger partial charge in [-0.3, -0.25) is 4.79 Å². The van der Waals surface area contributed by atoms with Crippen LogP contribution < -0.4 is 0 Å². The summed E-state index contributed by atoms with van der Waals surface area (Å²) in [5, 5.41) is 9.31. The summed E-state index contributed by atoms with van der Waals surface area (Å²) in [6, 6.07) is 1.87. The molecule has 1 atom stereocenters. The van der Waals surface area contributed by atoms with E-state index in [0.29, 0.717) is 13.0 Å². The minimum atomic E-state index is -0.448. The van der Waals surface area contributed by atoms with Gasteiger partial charge in [-0.1, -0.05) is 0 Å². The van der Waals surface area contributed by atoms with E-state index in [-0.39, 0.29) is 5.91 Å². The van der Waals surface area contributed by atoms with Gasteiger partial charge in [-0.25, -0.2) is 0 Å². The first kappa shape index (κ1) is 11.8. The molecule has 0 radical (unpaired) electrons. The van der Waals surface area contributed by atoms with Gasteiger partial charge in [0.25, 0.3) is 0 Å². The second-order valence-electron chi connectivity index (χ2n) is 3.90. The highest BCUT2D eigenvalue weighted by Crippen LogP contribution is 2.12. The van der Waals surface area contributed by atoms with Crippen molar-refractivity contribution >= 4 is 5.91 Å². The summed E-state index contributed by atoms with van der Waals surface area (Å²) < 4.78 is 1.92. The molecule has 0 saturated heterocycles. The van der Waals surface area contributed by atoms with E-state index in [1.54, 1.807) is 25.9 Å². The van der Waals surface area contributed by atoms with Crippen LogP contribution in [0.1, 0.15) is 25.0 Å². The van der Waals surface area contributed by atoms with Gasteiger partial charge in [0.05, 0.1) is 6.10 Å². The molecule has 1 N–H and O–H groups in total. The minimum Gasteiger partial charge on any atom is -0.389 e. The van der Waals surface area contributed by atoms with Crippen molar-refractivity contribution in [3.63, 3.8) is 0 Å². The van der Waals surface area contributed by atoms with E-state index in [2.05, 4.69) is 0 Å². The van der Waals surface area contributed by atoms with E-state index in [1.165, 1.54) is 0 Å². The van der Waals surface area contributed by atoms with Crippen molar-refractivity contribution < 1.29 is 9.90 Å². The molecule has 1 aromatic heterocycles. The molecule has 0 fully saturated rings. The van der Waals surface area contributed by atoms with E-state index in [9.17, 15) is 9.90 Å². The number of hydrogen-bond donors (Lipinski definition) is 1. The Balaban J connectivity index is 2.48. The minimum absolute atomic E-state index is 0.113. The van der Waals surface area contributed by atoms with Crippen LogP contribution in [0.5, 0.6) is 0 Å². The van der Waals surface area contributed by atoms with Crippen LogP contribution in [0.4, 0.5) is 0 Å². The first-order valence-electron chi connectivity index (χ1n) is 5.04. The lowest BCUT2D eigenvalue weighted by Gasteiger charge is -2.10. The predicted molar refractivity (Wildman–Crippen MR) is 58.4 cm³/mol. The van der Waals surface area contributed by atoms with Gasteiger partial charge in [0.1, 0.15) is 0 Å². The van der Waals surface area contributed by atoms with Crippen molar-refractivity contribution in [3.8, 4) is 0 Å². The number of carbonyl (C=O) groups excluding carboxylic acids is 1. The van der Waals surface area contributed by atoms with Crippen LogP contribution in [0.2, 0.25) is 0 Å². The molecule has 0 aromatic carbocycles. The maximum Gasteiger partial charge on any atom is 0.223 e. The van der Waals surface area contributed by atoms with Crippen LogP contribution in [0.3, 0.4) is 0 Å². The molecule has 1 rings (SSSR count). The molecule has 0 bridgehead atoms. The molecular formula is C11H18N2O2. The fraction of sp³-hybridized carbons (Fsp3) is 0.545. The van der Waals surface area contributed by atoms with Crippen molar-refractivity contribution in [2.45, 2.75) is 26.0 Å². The Hall–Kier alpha value is -1.29. The molecule has 0 spiro atoms. The van der Waals surface area contributed by atoms with E-state index in [1.807, 2.05) is 23.0 Å². The number of carbonyl (C=O) groups is 1. The fourth-order valence-electron chi connectivity index (χ4n) is 1.29. The van der Waals surface area contributed by atoms with Crippen LogP contribution in [0.15, 0.2) is 18.5 Å². The summed E-state index contributed by atoms with van der Waals surface area (Å²) >= 11 is 0. The first-order chi connectivity index (χ1) is 7.00. The number of aliphatic hydroxyl groups excluding tert-OH is 1. The van der Waals surface area contributed by atoms with Crippen molar-refractivity contribution in [1.29, 1.82) is 0 Å². The first-order valence-corrected chi connectivity index (χ1v) is 5.04. The number of aryl methyl sites for hydroxylation is 1. The van der Waals surface area contributed by atoms with Crippen molar-refractivity contribution in [2.24, 2.45) is 0 Å². The third kappa shape index (κ3) is 3.40. The topological polar surface area (TPSA) is 45.5 Å². The van der Waals surface area contributed by atoms with Gasteiger partial charge in [-0.05, 0) is 18.6 Å². The summed E-state index contributed by atoms with van der Waals surface area (Å²) in [5.74, 6) is 0.113. The van der Waals surface area contributed by atoms with Gasteiger partial charge in [-0.15, -0.1) is 0 Å². The van der Waals surface area contributed by atoms with Crippen LogP contribution in [0, 0.1) is 0 Å². The van der Waals surface area contributed by atoms with E-state index < -0.39 is 6.10 Å². The molecule has 4 nitrogen and oxygen atoms in total. The maximum atomic E-state index is 11.3. The Bertz CT molecular complexity index is 329. The smallest absolute Gasteiger partial charge is 0.223 e. The summed E-state index contributed by atoms with van der Waals surface area (Å²) in [4.78, 5) is 12.9. The predicted octanol–water partition coefficient (Wildman–Crippen LogP) is 1.02. The number of amides is 1. The van der Waals surface area contributed by atoms with Gasteiger partial charge < -0.3 is 14.6 Å². The van der Waals surface area contributed by atoms with Crippen molar-refractivity contribution in [3.05, 3.63) is 24.0 Å². The summed E-state index contributed by atoms with van der Waals surface area (Å²) in [6.45, 7) is 2.38. The average molecular weight is 210 g/mol. The Kier molecular flexibility index (Phi) is 3.91. The fourth-order valence-corrected chi connectivity index (χ4v) is 1.29. The Labute approximate surface area is 90.1 Å². The third-order valence-corrected chi connectivity index (χ3v) is 2.34. The van der Waals surface area contributed by atoms with Crippen LogP contribution in [-0.2, 0) is 11.3 Å². The number of hydrogen-bond acceptors (Lipinski definition) is 2. The highest BCUT2D eigenvalue weighted by Gasteiger charge is 2.06. The van der Waals surface area contributed by atoms with Gasteiger partial charge in [0.2, 0.25) is 5.91 Å². The largest absolute Gasteiger partial charge is 0.389 e. The molecule has 4 heteroatoms. The molecule has 1 aromatic rings. The van der Waals surface area contributed by atoms with Gasteiger partial charge in [0, 0.05) is 39.5 Å². The van der Waals surface area contributed by atoms with E-state index in [0.717, 1.165) is 5.56 Å². The summed E-state index contributed by atoms with van der Waals surface area (Å²) in [7, 11) is 3.50. The molecule has 15 heavy (non-hydrogen) atoms. The molecule has 0 aliphatic rings. The van der Waals surface area contributed by atoms with Gasteiger partial charge in [0.15, 0.2) is 0 Å². The second kappa shape index (κ2) is 4.98. The quantitative estimate of drug-likeness (QED) is 0.806. The van der Waals surface area contributed by atoms with Gasteiger partial charge >= 0.3 is 0 Å². The van der Waals surface area contributed by atoms with Crippen molar-refractivity contribution in [2.75, 3.05) is 14.1 Å². The summed E-state index contributed by atoms with van der Waals surface area (Å²) in [5.41, 5.74) is 0.882. The standard InChI is InChI=1S/C11H18N2O2/c1-9(14)10-4-6-13(8-10)7-5-11(15)12(2)3/h4,6,8-9,14H,5,7H2,1-3H3. The average Bonchev–Trinajstić information content (AvgIpc) is 2.62. The molecule has 0 aliphatic carbocycles. The lowest BCUT2D eigenvalue weighted by atomic mass is 10.2. The maximum absolute atomic E-state index is 11.3.